The number of hydrogen-bond donors (Lipinski definition) is 2. The van der Waals surface area contributed by atoms with Gasteiger partial charge in [-0.25, -0.2) is 0 Å². The van der Waals surface area contributed by atoms with Gasteiger partial charge in [-0.2, -0.15) is 0 Å². The summed E-state index contributed by atoms with van der Waals surface area (Å²) in [5, 5.41) is 13.4. The topological polar surface area (TPSA) is 80.9 Å². The zero-order valence-electron chi connectivity index (χ0n) is 9.56. The second-order valence-electron chi connectivity index (χ2n) is 3.29. The Morgan fingerprint density at radius 3 is 3.06 bits per heavy atom. The van der Waals surface area contributed by atoms with Crippen LogP contribution in [0.15, 0.2) is 11.4 Å². The van der Waals surface area contributed by atoms with Gasteiger partial charge in [-0.3, -0.25) is 10.1 Å². The van der Waals surface area contributed by atoms with Crippen LogP contribution >= 0.6 is 22.7 Å². The minimum atomic E-state index is -0.205. The van der Waals surface area contributed by atoms with E-state index < -0.39 is 0 Å². The summed E-state index contributed by atoms with van der Waals surface area (Å²) in [6, 6.07) is 1.73. The van der Waals surface area contributed by atoms with Crippen LogP contribution < -0.4 is 11.1 Å². The fraction of sp³-hybridized carbons (Fsp3) is 0.182. The van der Waals surface area contributed by atoms with Crippen LogP contribution in [0.1, 0.15) is 20.2 Å². The smallest absolute Gasteiger partial charge is 0.258 e. The molecule has 18 heavy (non-hydrogen) atoms. The van der Waals surface area contributed by atoms with Crippen molar-refractivity contribution in [3.05, 3.63) is 26.9 Å². The Balaban J connectivity index is 2.07. The lowest BCUT2D eigenvalue weighted by Gasteiger charge is -1.96. The van der Waals surface area contributed by atoms with Crippen molar-refractivity contribution in [3.63, 3.8) is 0 Å². The lowest BCUT2D eigenvalue weighted by Crippen LogP contribution is -2.10. The van der Waals surface area contributed by atoms with Gasteiger partial charge in [0.1, 0.15) is 5.01 Å². The minimum Gasteiger partial charge on any atom is -0.320 e. The summed E-state index contributed by atoms with van der Waals surface area (Å²) < 4.78 is 0. The largest absolute Gasteiger partial charge is 0.320 e. The molecule has 0 aliphatic carbocycles. The van der Waals surface area contributed by atoms with Crippen LogP contribution in [0.4, 0.5) is 5.13 Å². The predicted molar refractivity (Wildman–Crippen MR) is 72.9 cm³/mol. The molecule has 0 fully saturated rings. The standard InChI is InChI=1S/C11H10N4OS2/c1-7-14-15-11(18-7)13-10(16)8-5-9(17-6-8)3-2-4-12/h5-6H,4,12H2,1H3,(H,13,15,16). The van der Waals surface area contributed by atoms with Gasteiger partial charge in [0.2, 0.25) is 5.13 Å². The van der Waals surface area contributed by atoms with Crippen molar-refractivity contribution in [2.45, 2.75) is 6.92 Å². The van der Waals surface area contributed by atoms with E-state index in [-0.39, 0.29) is 5.91 Å². The van der Waals surface area contributed by atoms with Crippen molar-refractivity contribution in [2.24, 2.45) is 5.73 Å². The molecule has 0 atom stereocenters. The van der Waals surface area contributed by atoms with Crippen LogP contribution in [-0.4, -0.2) is 22.6 Å². The number of aromatic nitrogens is 2. The Morgan fingerprint density at radius 2 is 2.39 bits per heavy atom. The molecule has 2 aromatic rings. The minimum absolute atomic E-state index is 0.205. The third kappa shape index (κ3) is 3.13. The Hall–Kier alpha value is -1.75. The third-order valence-electron chi connectivity index (χ3n) is 1.92. The molecule has 3 N–H and O–H groups in total. The van der Waals surface area contributed by atoms with Crippen LogP contribution in [-0.2, 0) is 0 Å². The second kappa shape index (κ2) is 5.73. The fourth-order valence-electron chi connectivity index (χ4n) is 1.18. The number of rotatable bonds is 2. The van der Waals surface area contributed by atoms with Crippen molar-refractivity contribution in [3.8, 4) is 11.8 Å². The van der Waals surface area contributed by atoms with Crippen molar-refractivity contribution >= 4 is 33.7 Å². The Kier molecular flexibility index (Phi) is 4.04. The number of nitrogens with two attached hydrogens (primary N) is 1. The maximum absolute atomic E-state index is 11.9. The third-order valence-corrected chi connectivity index (χ3v) is 3.52. The number of hydrogen-bond acceptors (Lipinski definition) is 6. The summed E-state index contributed by atoms with van der Waals surface area (Å²) in [5.41, 5.74) is 5.85. The van der Waals surface area contributed by atoms with Crippen LogP contribution in [0.2, 0.25) is 0 Å². The van der Waals surface area contributed by atoms with Gasteiger partial charge >= 0.3 is 0 Å². The lowest BCUT2D eigenvalue weighted by molar-refractivity contribution is 0.102. The van der Waals surface area contributed by atoms with Gasteiger partial charge in [0, 0.05) is 5.38 Å². The van der Waals surface area contributed by atoms with Gasteiger partial charge in [-0.1, -0.05) is 23.2 Å². The van der Waals surface area contributed by atoms with Crippen LogP contribution in [0.3, 0.4) is 0 Å². The van der Waals surface area contributed by atoms with Gasteiger partial charge in [0.05, 0.1) is 17.0 Å². The first-order chi connectivity index (χ1) is 8.69. The molecule has 0 radical (unpaired) electrons. The van der Waals surface area contributed by atoms with E-state index >= 15 is 0 Å². The van der Waals surface area contributed by atoms with Gasteiger partial charge in [-0.15, -0.1) is 21.5 Å². The highest BCUT2D eigenvalue weighted by Crippen LogP contribution is 2.18. The average molecular weight is 278 g/mol. The zero-order valence-corrected chi connectivity index (χ0v) is 11.2. The predicted octanol–water partition coefficient (Wildman–Crippen LogP) is 1.47. The Morgan fingerprint density at radius 1 is 1.56 bits per heavy atom. The molecular formula is C11H10N4OS2. The maximum Gasteiger partial charge on any atom is 0.258 e. The highest BCUT2D eigenvalue weighted by molar-refractivity contribution is 7.15. The Bertz CT molecular complexity index is 620. The monoisotopic (exact) mass is 278 g/mol. The molecule has 2 heterocycles. The molecular weight excluding hydrogens is 268 g/mol. The number of aryl methyl sites for hydroxylation is 1. The molecule has 0 aliphatic heterocycles. The molecule has 0 spiro atoms. The number of carbonyl (C=O) groups is 1. The van der Waals surface area contributed by atoms with E-state index in [9.17, 15) is 4.79 Å². The fourth-order valence-corrected chi connectivity index (χ4v) is 2.52. The van der Waals surface area contributed by atoms with Crippen molar-refractivity contribution in [1.82, 2.24) is 10.2 Å². The Labute approximate surface area is 112 Å². The summed E-state index contributed by atoms with van der Waals surface area (Å²) in [7, 11) is 0. The highest BCUT2D eigenvalue weighted by Gasteiger charge is 2.10. The number of amides is 1. The number of carbonyl (C=O) groups excluding carboxylic acids is 1. The summed E-state index contributed by atoms with van der Waals surface area (Å²) >= 11 is 2.75. The molecule has 5 nitrogen and oxygen atoms in total. The summed E-state index contributed by atoms with van der Waals surface area (Å²) in [6.45, 7) is 2.14. The summed E-state index contributed by atoms with van der Waals surface area (Å²) in [4.78, 5) is 12.7. The molecule has 0 bridgehead atoms. The molecule has 0 aromatic carbocycles. The summed E-state index contributed by atoms with van der Waals surface area (Å²) in [6.07, 6.45) is 0. The first-order valence-corrected chi connectivity index (χ1v) is 6.77. The van der Waals surface area contributed by atoms with Crippen LogP contribution in [0.25, 0.3) is 0 Å². The SMILES string of the molecule is Cc1nnc(NC(=O)c2csc(C#CCN)c2)s1. The molecule has 2 rings (SSSR count). The van der Waals surface area contributed by atoms with E-state index in [2.05, 4.69) is 27.4 Å². The van der Waals surface area contributed by atoms with Crippen LogP contribution in [0, 0.1) is 18.8 Å². The molecule has 7 heteroatoms. The van der Waals surface area contributed by atoms with E-state index in [0.29, 0.717) is 17.2 Å². The summed E-state index contributed by atoms with van der Waals surface area (Å²) in [5.74, 6) is 5.43. The first-order valence-electron chi connectivity index (χ1n) is 5.08. The quantitative estimate of drug-likeness (QED) is 0.815. The molecule has 1 amide bonds. The van der Waals surface area contributed by atoms with E-state index in [4.69, 9.17) is 5.73 Å². The van der Waals surface area contributed by atoms with E-state index in [0.717, 1.165) is 9.88 Å². The normalized spacial score (nSPS) is 9.67. The van der Waals surface area contributed by atoms with Crippen molar-refractivity contribution < 1.29 is 4.79 Å². The molecule has 0 saturated heterocycles. The highest BCUT2D eigenvalue weighted by atomic mass is 32.1. The number of anilines is 1. The average Bonchev–Trinajstić information content (AvgIpc) is 2.96. The molecule has 0 saturated carbocycles. The molecule has 0 aliphatic rings. The second-order valence-corrected chi connectivity index (χ2v) is 5.38. The van der Waals surface area contributed by atoms with Crippen LogP contribution in [0.5, 0.6) is 0 Å². The number of nitrogens with one attached hydrogen (secondary N) is 1. The number of thiophene rings is 1. The zero-order chi connectivity index (χ0) is 13.0. The van der Waals surface area contributed by atoms with Gasteiger partial charge in [0.25, 0.3) is 5.91 Å². The lowest BCUT2D eigenvalue weighted by atomic mass is 10.3. The maximum atomic E-state index is 11.9. The number of nitrogens with zero attached hydrogens (tertiary/aromatic N) is 2. The van der Waals surface area contributed by atoms with Gasteiger partial charge in [-0.05, 0) is 13.0 Å². The first kappa shape index (κ1) is 12.7. The van der Waals surface area contributed by atoms with Crippen molar-refractivity contribution in [2.75, 3.05) is 11.9 Å². The molecule has 2 aromatic heterocycles. The van der Waals surface area contributed by atoms with Gasteiger partial charge in [0.15, 0.2) is 0 Å². The molecule has 92 valence electrons. The van der Waals surface area contributed by atoms with E-state index in [1.54, 1.807) is 11.4 Å². The molecule has 0 unspecified atom stereocenters. The van der Waals surface area contributed by atoms with Crippen molar-refractivity contribution in [1.29, 1.82) is 0 Å². The van der Waals surface area contributed by atoms with E-state index in [1.807, 2.05) is 6.92 Å². The van der Waals surface area contributed by atoms with Gasteiger partial charge < -0.3 is 5.73 Å². The van der Waals surface area contributed by atoms with E-state index in [1.165, 1.54) is 22.7 Å².